The number of rotatable bonds is 2. The van der Waals surface area contributed by atoms with Crippen molar-refractivity contribution in [3.8, 4) is 0 Å². The second-order valence-corrected chi connectivity index (χ2v) is 5.91. The van der Waals surface area contributed by atoms with Crippen molar-refractivity contribution in [2.75, 3.05) is 0 Å². The van der Waals surface area contributed by atoms with Crippen molar-refractivity contribution in [3.05, 3.63) is 29.8 Å². The van der Waals surface area contributed by atoms with Crippen LogP contribution < -0.4 is 5.73 Å². The first kappa shape index (κ1) is 11.4. The lowest BCUT2D eigenvalue weighted by atomic mass is 10.0. The number of halogens is 1. The van der Waals surface area contributed by atoms with Crippen LogP contribution in [-0.4, -0.2) is 15.6 Å². The lowest BCUT2D eigenvalue weighted by Crippen LogP contribution is -2.25. The molecule has 4 heteroatoms. The number of imidazole rings is 1. The van der Waals surface area contributed by atoms with Crippen LogP contribution in [0.5, 0.6) is 0 Å². The van der Waals surface area contributed by atoms with Crippen LogP contribution in [0, 0.1) is 5.82 Å². The summed E-state index contributed by atoms with van der Waals surface area (Å²) in [7, 11) is 0. The molecule has 4 rings (SSSR count). The largest absolute Gasteiger partial charge is 0.327 e. The van der Waals surface area contributed by atoms with Crippen LogP contribution in [0.15, 0.2) is 18.2 Å². The Morgan fingerprint density at radius 1 is 1.21 bits per heavy atom. The number of hydrogen-bond acceptors (Lipinski definition) is 2. The third-order valence-corrected chi connectivity index (χ3v) is 4.49. The van der Waals surface area contributed by atoms with E-state index in [1.165, 1.54) is 25.3 Å². The molecule has 2 aliphatic carbocycles. The van der Waals surface area contributed by atoms with Crippen LogP contribution in [0.1, 0.15) is 49.9 Å². The summed E-state index contributed by atoms with van der Waals surface area (Å²) in [6.07, 6.45) is 5.72. The molecule has 0 saturated heterocycles. The first-order valence-electron chi connectivity index (χ1n) is 7.17. The highest BCUT2D eigenvalue weighted by Gasteiger charge is 2.35. The third kappa shape index (κ3) is 1.77. The zero-order chi connectivity index (χ0) is 13.0. The Labute approximate surface area is 111 Å². The number of benzene rings is 1. The molecule has 2 fully saturated rings. The highest BCUT2D eigenvalue weighted by Crippen LogP contribution is 2.43. The van der Waals surface area contributed by atoms with E-state index in [1.54, 1.807) is 12.1 Å². The minimum absolute atomic E-state index is 0.184. The van der Waals surface area contributed by atoms with Crippen LogP contribution >= 0.6 is 0 Å². The molecule has 19 heavy (non-hydrogen) atoms. The SMILES string of the molecule is NC1CCCC1c1nc2ccc(F)cc2n1C1CC1. The van der Waals surface area contributed by atoms with E-state index < -0.39 is 0 Å². The van der Waals surface area contributed by atoms with Crippen molar-refractivity contribution in [3.63, 3.8) is 0 Å². The predicted octanol–water partition coefficient (Wildman–Crippen LogP) is 3.11. The van der Waals surface area contributed by atoms with Gasteiger partial charge in [-0.1, -0.05) is 6.42 Å². The number of nitrogens with two attached hydrogens (primary N) is 1. The zero-order valence-electron chi connectivity index (χ0n) is 10.8. The van der Waals surface area contributed by atoms with E-state index in [-0.39, 0.29) is 11.9 Å². The van der Waals surface area contributed by atoms with Gasteiger partial charge in [-0.2, -0.15) is 0 Å². The summed E-state index contributed by atoms with van der Waals surface area (Å²) in [4.78, 5) is 4.76. The van der Waals surface area contributed by atoms with Crippen LogP contribution in [0.3, 0.4) is 0 Å². The number of nitrogens with zero attached hydrogens (tertiary/aromatic N) is 2. The minimum atomic E-state index is -0.184. The van der Waals surface area contributed by atoms with Crippen LogP contribution in [0.2, 0.25) is 0 Å². The molecule has 0 aliphatic heterocycles. The number of hydrogen-bond donors (Lipinski definition) is 1. The summed E-state index contributed by atoms with van der Waals surface area (Å²) < 4.78 is 15.8. The van der Waals surface area contributed by atoms with Gasteiger partial charge in [-0.25, -0.2) is 9.37 Å². The van der Waals surface area contributed by atoms with Gasteiger partial charge < -0.3 is 10.3 Å². The van der Waals surface area contributed by atoms with E-state index in [0.717, 1.165) is 29.7 Å². The molecule has 3 nitrogen and oxygen atoms in total. The predicted molar refractivity (Wildman–Crippen MR) is 72.5 cm³/mol. The number of fused-ring (bicyclic) bond motifs is 1. The maximum absolute atomic E-state index is 13.5. The van der Waals surface area contributed by atoms with Gasteiger partial charge in [0.25, 0.3) is 0 Å². The van der Waals surface area contributed by atoms with Crippen molar-refractivity contribution in [2.24, 2.45) is 5.73 Å². The van der Waals surface area contributed by atoms with Gasteiger partial charge in [0.15, 0.2) is 0 Å². The first-order valence-corrected chi connectivity index (χ1v) is 7.17. The maximum atomic E-state index is 13.5. The second kappa shape index (κ2) is 4.04. The standard InChI is InChI=1S/C15H18FN3/c16-9-4-7-13-14(8-9)19(10-5-6-10)15(18-13)11-2-1-3-12(11)17/h4,7-8,10-12H,1-3,5-6,17H2. The summed E-state index contributed by atoms with van der Waals surface area (Å²) in [6, 6.07) is 5.61. The fourth-order valence-electron chi connectivity index (χ4n) is 3.37. The molecule has 2 N–H and O–H groups in total. The van der Waals surface area contributed by atoms with Gasteiger partial charge in [0, 0.05) is 18.0 Å². The van der Waals surface area contributed by atoms with Gasteiger partial charge in [-0.15, -0.1) is 0 Å². The van der Waals surface area contributed by atoms with Crippen molar-refractivity contribution in [1.29, 1.82) is 0 Å². The molecule has 2 aliphatic rings. The van der Waals surface area contributed by atoms with Gasteiger partial charge in [0.1, 0.15) is 11.6 Å². The normalized spacial score (nSPS) is 27.3. The molecule has 1 heterocycles. The lowest BCUT2D eigenvalue weighted by Gasteiger charge is -2.17. The third-order valence-electron chi connectivity index (χ3n) is 4.49. The van der Waals surface area contributed by atoms with Gasteiger partial charge in [0.2, 0.25) is 0 Å². The van der Waals surface area contributed by atoms with Crippen LogP contribution in [-0.2, 0) is 0 Å². The Morgan fingerprint density at radius 3 is 2.74 bits per heavy atom. The van der Waals surface area contributed by atoms with Crippen molar-refractivity contribution >= 4 is 11.0 Å². The topological polar surface area (TPSA) is 43.8 Å². The van der Waals surface area contributed by atoms with Gasteiger partial charge in [-0.05, 0) is 43.9 Å². The molecular formula is C15H18FN3. The highest BCUT2D eigenvalue weighted by molar-refractivity contribution is 5.76. The Bertz CT molecular complexity index is 630. The summed E-state index contributed by atoms with van der Waals surface area (Å²) in [6.45, 7) is 0. The monoisotopic (exact) mass is 259 g/mol. The van der Waals surface area contributed by atoms with Gasteiger partial charge in [0.05, 0.1) is 11.0 Å². The Balaban J connectivity index is 1.91. The molecule has 0 radical (unpaired) electrons. The molecule has 2 atom stereocenters. The van der Waals surface area contributed by atoms with E-state index in [1.807, 2.05) is 0 Å². The summed E-state index contributed by atoms with van der Waals surface area (Å²) in [5.41, 5.74) is 8.07. The fraction of sp³-hybridized carbons (Fsp3) is 0.533. The highest BCUT2D eigenvalue weighted by atomic mass is 19.1. The van der Waals surface area contributed by atoms with Crippen LogP contribution in [0.4, 0.5) is 4.39 Å². The molecule has 1 aromatic heterocycles. The molecule has 100 valence electrons. The molecule has 0 amide bonds. The second-order valence-electron chi connectivity index (χ2n) is 5.91. The molecule has 2 unspecified atom stereocenters. The van der Waals surface area contributed by atoms with E-state index >= 15 is 0 Å². The Kier molecular flexibility index (Phi) is 2.42. The molecule has 0 spiro atoms. The zero-order valence-corrected chi connectivity index (χ0v) is 10.8. The van der Waals surface area contributed by atoms with Gasteiger partial charge in [-0.3, -0.25) is 0 Å². The Hall–Kier alpha value is -1.42. The molecule has 0 bridgehead atoms. The quantitative estimate of drug-likeness (QED) is 0.900. The van der Waals surface area contributed by atoms with E-state index in [0.29, 0.717) is 12.0 Å². The summed E-state index contributed by atoms with van der Waals surface area (Å²) >= 11 is 0. The lowest BCUT2D eigenvalue weighted by molar-refractivity contribution is 0.546. The van der Waals surface area contributed by atoms with Crippen LogP contribution in [0.25, 0.3) is 11.0 Å². The maximum Gasteiger partial charge on any atom is 0.125 e. The minimum Gasteiger partial charge on any atom is -0.327 e. The van der Waals surface area contributed by atoms with Crippen molar-refractivity contribution < 1.29 is 4.39 Å². The van der Waals surface area contributed by atoms with Gasteiger partial charge >= 0.3 is 0 Å². The van der Waals surface area contributed by atoms with E-state index in [9.17, 15) is 4.39 Å². The number of aromatic nitrogens is 2. The molecular weight excluding hydrogens is 241 g/mol. The summed E-state index contributed by atoms with van der Waals surface area (Å²) in [5, 5.41) is 0. The summed E-state index contributed by atoms with van der Waals surface area (Å²) in [5.74, 6) is 1.25. The molecule has 2 aromatic rings. The van der Waals surface area contributed by atoms with E-state index in [2.05, 4.69) is 4.57 Å². The van der Waals surface area contributed by atoms with Crippen molar-refractivity contribution in [1.82, 2.24) is 9.55 Å². The molecule has 2 saturated carbocycles. The fourth-order valence-corrected chi connectivity index (χ4v) is 3.37. The Morgan fingerprint density at radius 2 is 2.05 bits per heavy atom. The van der Waals surface area contributed by atoms with Crippen molar-refractivity contribution in [2.45, 2.75) is 50.1 Å². The molecule has 1 aromatic carbocycles. The smallest absolute Gasteiger partial charge is 0.125 e. The average Bonchev–Trinajstić information content (AvgIpc) is 3.03. The first-order chi connectivity index (χ1) is 9.24. The van der Waals surface area contributed by atoms with E-state index in [4.69, 9.17) is 10.7 Å². The average molecular weight is 259 g/mol.